The van der Waals surface area contributed by atoms with Crippen LogP contribution < -0.4 is 0 Å². The van der Waals surface area contributed by atoms with Gasteiger partial charge >= 0.3 is 0 Å². The summed E-state index contributed by atoms with van der Waals surface area (Å²) in [5.74, 6) is 0.269. The fourth-order valence-electron chi connectivity index (χ4n) is 6.09. The summed E-state index contributed by atoms with van der Waals surface area (Å²) in [6, 6.07) is 7.66. The van der Waals surface area contributed by atoms with E-state index < -0.39 is 5.54 Å². The average molecular weight is 424 g/mol. The fraction of sp³-hybridized carbons (Fsp3) is 0.640. The first-order chi connectivity index (χ1) is 14.9. The Morgan fingerprint density at radius 1 is 0.935 bits per heavy atom. The Labute approximate surface area is 184 Å². The molecule has 3 amide bonds. The second-order valence-corrected chi connectivity index (χ2v) is 10.0. The van der Waals surface area contributed by atoms with E-state index in [1.54, 1.807) is 0 Å². The number of hydrogen-bond donors (Lipinski definition) is 0. The second-order valence-electron chi connectivity index (χ2n) is 10.0. The molecular formula is C25H33N3O3. The monoisotopic (exact) mass is 423 g/mol. The Morgan fingerprint density at radius 3 is 2.13 bits per heavy atom. The lowest BCUT2D eigenvalue weighted by molar-refractivity contribution is -0.145. The maximum Gasteiger partial charge on any atom is 0.254 e. The molecule has 6 heteroatoms. The van der Waals surface area contributed by atoms with Gasteiger partial charge in [0, 0.05) is 43.7 Å². The quantitative estimate of drug-likeness (QED) is 0.751. The van der Waals surface area contributed by atoms with Gasteiger partial charge in [0.25, 0.3) is 5.91 Å². The van der Waals surface area contributed by atoms with Crippen LogP contribution in [-0.4, -0.2) is 70.2 Å². The lowest BCUT2D eigenvalue weighted by atomic mass is 9.66. The molecule has 1 unspecified atom stereocenters. The van der Waals surface area contributed by atoms with Crippen LogP contribution >= 0.6 is 0 Å². The number of fused-ring (bicyclic) bond motifs is 1. The molecule has 1 atom stereocenters. The lowest BCUT2D eigenvalue weighted by Gasteiger charge is -2.57. The van der Waals surface area contributed by atoms with Crippen molar-refractivity contribution in [2.24, 2.45) is 5.92 Å². The molecule has 3 heterocycles. The fourth-order valence-corrected chi connectivity index (χ4v) is 6.09. The zero-order valence-corrected chi connectivity index (χ0v) is 18.7. The van der Waals surface area contributed by atoms with E-state index in [4.69, 9.17) is 0 Å². The second kappa shape index (κ2) is 7.64. The highest BCUT2D eigenvalue weighted by Crippen LogP contribution is 2.49. The minimum Gasteiger partial charge on any atom is -0.342 e. The van der Waals surface area contributed by atoms with Gasteiger partial charge in [0.15, 0.2) is 0 Å². The van der Waals surface area contributed by atoms with Crippen molar-refractivity contribution in [3.05, 3.63) is 35.4 Å². The molecule has 1 aliphatic carbocycles. The minimum atomic E-state index is -0.567. The third kappa shape index (κ3) is 3.09. The number of piperidine rings is 1. The summed E-state index contributed by atoms with van der Waals surface area (Å²) >= 11 is 0. The van der Waals surface area contributed by atoms with E-state index in [0.29, 0.717) is 31.5 Å². The van der Waals surface area contributed by atoms with Crippen molar-refractivity contribution in [3.8, 4) is 0 Å². The third-order valence-corrected chi connectivity index (χ3v) is 8.06. The average Bonchev–Trinajstić information content (AvgIpc) is 2.65. The van der Waals surface area contributed by atoms with Gasteiger partial charge in [-0.1, -0.05) is 24.6 Å². The first-order valence-corrected chi connectivity index (χ1v) is 11.9. The zero-order chi connectivity index (χ0) is 21.8. The smallest absolute Gasteiger partial charge is 0.254 e. The molecule has 1 aromatic carbocycles. The van der Waals surface area contributed by atoms with Gasteiger partial charge in [-0.05, 0) is 57.6 Å². The van der Waals surface area contributed by atoms with Crippen molar-refractivity contribution in [2.45, 2.75) is 69.9 Å². The molecule has 0 radical (unpaired) electrons. The number of benzene rings is 1. The normalized spacial score (nSPS) is 25.3. The van der Waals surface area contributed by atoms with Gasteiger partial charge in [0.1, 0.15) is 0 Å². The summed E-state index contributed by atoms with van der Waals surface area (Å²) in [6.07, 6.45) is 5.51. The highest BCUT2D eigenvalue weighted by molar-refractivity contribution is 6.02. The van der Waals surface area contributed by atoms with E-state index >= 15 is 0 Å². The van der Waals surface area contributed by atoms with Crippen molar-refractivity contribution in [2.75, 3.05) is 26.2 Å². The van der Waals surface area contributed by atoms with Gasteiger partial charge in [-0.2, -0.15) is 0 Å². The summed E-state index contributed by atoms with van der Waals surface area (Å²) < 4.78 is 0. The molecule has 166 valence electrons. The number of hydrogen-bond acceptors (Lipinski definition) is 3. The Bertz CT molecular complexity index is 895. The SMILES string of the molecule is CC(C)N1C(=O)c2ccccc2C(C(=O)N2CCC2)C12CCN(C(=O)C1CCC1)CC2. The molecule has 0 N–H and O–H groups in total. The molecule has 1 saturated carbocycles. The van der Waals surface area contributed by atoms with E-state index in [2.05, 4.69) is 0 Å². The molecule has 3 aliphatic heterocycles. The van der Waals surface area contributed by atoms with Crippen LogP contribution in [0.1, 0.15) is 74.2 Å². The minimum absolute atomic E-state index is 0.0126. The van der Waals surface area contributed by atoms with E-state index in [1.165, 1.54) is 0 Å². The standard InChI is InChI=1S/C25H33N3O3/c1-17(2)28-23(30)20-10-4-3-9-19(20)21(24(31)26-13-6-14-26)25(28)11-15-27(16-12-25)22(29)18-7-5-8-18/h3-4,9-10,17-18,21H,5-8,11-16H2,1-2H3. The van der Waals surface area contributed by atoms with Crippen molar-refractivity contribution in [1.82, 2.24) is 14.7 Å². The lowest BCUT2D eigenvalue weighted by Crippen LogP contribution is -2.68. The van der Waals surface area contributed by atoms with Crippen LogP contribution in [0.25, 0.3) is 0 Å². The van der Waals surface area contributed by atoms with Gasteiger partial charge in [-0.3, -0.25) is 14.4 Å². The summed E-state index contributed by atoms with van der Waals surface area (Å²) in [4.78, 5) is 46.2. The van der Waals surface area contributed by atoms with Crippen LogP contribution in [0.2, 0.25) is 0 Å². The van der Waals surface area contributed by atoms with E-state index in [1.807, 2.05) is 52.8 Å². The van der Waals surface area contributed by atoms with Crippen molar-refractivity contribution in [3.63, 3.8) is 0 Å². The first kappa shape index (κ1) is 20.5. The van der Waals surface area contributed by atoms with Gasteiger partial charge in [0.2, 0.25) is 11.8 Å². The molecule has 4 aliphatic rings. The molecule has 3 fully saturated rings. The number of carbonyl (C=O) groups excluding carboxylic acids is 3. The van der Waals surface area contributed by atoms with Crippen LogP contribution in [0, 0.1) is 5.92 Å². The topological polar surface area (TPSA) is 60.9 Å². The summed E-state index contributed by atoms with van der Waals surface area (Å²) in [7, 11) is 0. The van der Waals surface area contributed by atoms with Gasteiger partial charge < -0.3 is 14.7 Å². The molecule has 31 heavy (non-hydrogen) atoms. The van der Waals surface area contributed by atoms with Crippen molar-refractivity contribution >= 4 is 17.7 Å². The zero-order valence-electron chi connectivity index (χ0n) is 18.7. The largest absolute Gasteiger partial charge is 0.342 e. The Hall–Kier alpha value is -2.37. The first-order valence-electron chi connectivity index (χ1n) is 11.9. The van der Waals surface area contributed by atoms with E-state index in [-0.39, 0.29) is 35.6 Å². The van der Waals surface area contributed by atoms with E-state index in [0.717, 1.165) is 44.3 Å². The molecule has 0 bridgehead atoms. The van der Waals surface area contributed by atoms with Crippen LogP contribution in [0.15, 0.2) is 24.3 Å². The van der Waals surface area contributed by atoms with Gasteiger partial charge in [-0.15, -0.1) is 0 Å². The molecule has 0 aromatic heterocycles. The number of carbonyl (C=O) groups is 3. The molecule has 2 saturated heterocycles. The van der Waals surface area contributed by atoms with Crippen LogP contribution in [0.5, 0.6) is 0 Å². The number of likely N-dealkylation sites (tertiary alicyclic amines) is 2. The molecule has 6 nitrogen and oxygen atoms in total. The predicted molar refractivity (Wildman–Crippen MR) is 118 cm³/mol. The van der Waals surface area contributed by atoms with Gasteiger partial charge in [0.05, 0.1) is 11.5 Å². The molecule has 5 rings (SSSR count). The number of nitrogens with zero attached hydrogens (tertiary/aromatic N) is 3. The van der Waals surface area contributed by atoms with E-state index in [9.17, 15) is 14.4 Å². The molecule has 1 aromatic rings. The highest BCUT2D eigenvalue weighted by atomic mass is 16.2. The highest BCUT2D eigenvalue weighted by Gasteiger charge is 2.57. The third-order valence-electron chi connectivity index (χ3n) is 8.06. The van der Waals surface area contributed by atoms with Crippen LogP contribution in [0.3, 0.4) is 0 Å². The number of rotatable bonds is 3. The summed E-state index contributed by atoms with van der Waals surface area (Å²) in [6.45, 7) is 6.94. The predicted octanol–water partition coefficient (Wildman–Crippen LogP) is 3.03. The van der Waals surface area contributed by atoms with Crippen LogP contribution in [-0.2, 0) is 9.59 Å². The van der Waals surface area contributed by atoms with Crippen LogP contribution in [0.4, 0.5) is 0 Å². The van der Waals surface area contributed by atoms with Gasteiger partial charge in [-0.25, -0.2) is 0 Å². The maximum atomic E-state index is 13.8. The summed E-state index contributed by atoms with van der Waals surface area (Å²) in [5, 5.41) is 0. The Balaban J connectivity index is 1.54. The van der Waals surface area contributed by atoms with Crippen molar-refractivity contribution in [1.29, 1.82) is 0 Å². The summed E-state index contributed by atoms with van der Waals surface area (Å²) in [5.41, 5.74) is 0.969. The van der Waals surface area contributed by atoms with Crippen molar-refractivity contribution < 1.29 is 14.4 Å². The number of amides is 3. The maximum absolute atomic E-state index is 13.8. The Morgan fingerprint density at radius 2 is 1.58 bits per heavy atom. The molecular weight excluding hydrogens is 390 g/mol. The molecule has 1 spiro atoms. The Kier molecular flexibility index (Phi) is 5.06.